The fraction of sp³-hybridized carbons (Fsp3) is 0.429. The largest absolute Gasteiger partial charge is 0.497 e. The summed E-state index contributed by atoms with van der Waals surface area (Å²) < 4.78 is 5.10. The van der Waals surface area contributed by atoms with E-state index in [1.54, 1.807) is 31.4 Å². The summed E-state index contributed by atoms with van der Waals surface area (Å²) in [6, 6.07) is 7.05. The molecule has 0 unspecified atom stereocenters. The van der Waals surface area contributed by atoms with Gasteiger partial charge in [0.15, 0.2) is 0 Å². The van der Waals surface area contributed by atoms with E-state index < -0.39 is 0 Å². The number of benzene rings is 1. The van der Waals surface area contributed by atoms with Gasteiger partial charge in [-0.05, 0) is 56.4 Å². The molecule has 3 rings (SSSR count). The normalized spacial score (nSPS) is 13.5. The van der Waals surface area contributed by atoms with Crippen LogP contribution in [-0.4, -0.2) is 35.7 Å². The first-order chi connectivity index (χ1) is 14.1. The van der Waals surface area contributed by atoms with Crippen molar-refractivity contribution in [3.63, 3.8) is 0 Å². The average molecular weight is 415 g/mol. The van der Waals surface area contributed by atoms with E-state index >= 15 is 0 Å². The first kappa shape index (κ1) is 21.0. The summed E-state index contributed by atoms with van der Waals surface area (Å²) in [5.41, 5.74) is 2.10. The summed E-state index contributed by atoms with van der Waals surface area (Å²) in [5.74, 6) is 0.403. The van der Waals surface area contributed by atoms with Gasteiger partial charge in [0, 0.05) is 25.1 Å². The molecule has 1 aliphatic carbocycles. The lowest BCUT2D eigenvalue weighted by Crippen LogP contribution is -2.25. The Morgan fingerprint density at radius 3 is 2.69 bits per heavy atom. The highest BCUT2D eigenvalue weighted by Gasteiger charge is 2.14. The van der Waals surface area contributed by atoms with E-state index in [0.29, 0.717) is 30.1 Å². The van der Waals surface area contributed by atoms with Crippen LogP contribution < -0.4 is 15.4 Å². The van der Waals surface area contributed by atoms with E-state index in [1.165, 1.54) is 29.8 Å². The van der Waals surface area contributed by atoms with Crippen molar-refractivity contribution in [3.8, 4) is 5.75 Å². The standard InChI is InChI=1S/C21H26N4O3S/c1-28-17-9-7-16(8-10-17)23-20(27)21-25-24-19(29-21)12-11-18(26)22-14-13-15-5-3-2-4-6-15/h5,7-10H,2-4,6,11-14H2,1H3,(H,22,26)(H,23,27). The summed E-state index contributed by atoms with van der Waals surface area (Å²) in [5, 5.41) is 14.7. The van der Waals surface area contributed by atoms with Gasteiger partial charge in [-0.2, -0.15) is 0 Å². The molecule has 29 heavy (non-hydrogen) atoms. The minimum atomic E-state index is -0.316. The number of amides is 2. The highest BCUT2D eigenvalue weighted by molar-refractivity contribution is 7.13. The van der Waals surface area contributed by atoms with Crippen LogP contribution in [0.2, 0.25) is 0 Å². The van der Waals surface area contributed by atoms with Gasteiger partial charge in [0.1, 0.15) is 10.8 Å². The highest BCUT2D eigenvalue weighted by atomic mass is 32.1. The molecule has 0 atom stereocenters. The van der Waals surface area contributed by atoms with Crippen LogP contribution in [0.1, 0.15) is 53.3 Å². The van der Waals surface area contributed by atoms with E-state index in [1.807, 2.05) is 0 Å². The van der Waals surface area contributed by atoms with Gasteiger partial charge in [0.05, 0.1) is 7.11 Å². The number of nitrogens with zero attached hydrogens (tertiary/aromatic N) is 2. The van der Waals surface area contributed by atoms with Crippen LogP contribution in [0.3, 0.4) is 0 Å². The van der Waals surface area contributed by atoms with Crippen molar-refractivity contribution in [1.29, 1.82) is 0 Å². The predicted octanol–water partition coefficient (Wildman–Crippen LogP) is 3.74. The molecule has 0 aliphatic heterocycles. The number of anilines is 1. The minimum absolute atomic E-state index is 0.000781. The maximum absolute atomic E-state index is 12.3. The topological polar surface area (TPSA) is 93.2 Å². The number of aryl methyl sites for hydroxylation is 1. The number of carbonyl (C=O) groups excluding carboxylic acids is 2. The van der Waals surface area contributed by atoms with Crippen LogP contribution in [0, 0.1) is 0 Å². The van der Waals surface area contributed by atoms with Gasteiger partial charge < -0.3 is 15.4 Å². The number of hydrogen-bond donors (Lipinski definition) is 2. The van der Waals surface area contributed by atoms with Gasteiger partial charge in [-0.25, -0.2) is 0 Å². The molecule has 7 nitrogen and oxygen atoms in total. The fourth-order valence-electron chi connectivity index (χ4n) is 3.11. The third-order valence-electron chi connectivity index (χ3n) is 4.73. The first-order valence-electron chi connectivity index (χ1n) is 9.86. The van der Waals surface area contributed by atoms with E-state index in [-0.39, 0.29) is 16.8 Å². The zero-order valence-electron chi connectivity index (χ0n) is 16.6. The van der Waals surface area contributed by atoms with Gasteiger partial charge in [-0.15, -0.1) is 10.2 Å². The van der Waals surface area contributed by atoms with Crippen LogP contribution in [0.5, 0.6) is 5.75 Å². The SMILES string of the molecule is COc1ccc(NC(=O)c2nnc(CCC(=O)NCCC3=CCCCC3)s2)cc1. The third-order valence-corrected chi connectivity index (χ3v) is 5.71. The number of allylic oxidation sites excluding steroid dienone is 1. The molecule has 154 valence electrons. The Morgan fingerprint density at radius 2 is 1.97 bits per heavy atom. The molecule has 0 fully saturated rings. The number of aromatic nitrogens is 2. The third kappa shape index (κ3) is 6.67. The molecule has 2 N–H and O–H groups in total. The van der Waals surface area contributed by atoms with Gasteiger partial charge in [0.2, 0.25) is 10.9 Å². The van der Waals surface area contributed by atoms with Crippen molar-refractivity contribution in [2.45, 2.75) is 44.9 Å². The number of carbonyl (C=O) groups is 2. The quantitative estimate of drug-likeness (QED) is 0.610. The zero-order valence-corrected chi connectivity index (χ0v) is 17.4. The van der Waals surface area contributed by atoms with E-state index in [0.717, 1.165) is 25.0 Å². The van der Waals surface area contributed by atoms with Crippen molar-refractivity contribution in [1.82, 2.24) is 15.5 Å². The summed E-state index contributed by atoms with van der Waals surface area (Å²) in [6.45, 7) is 0.677. The summed E-state index contributed by atoms with van der Waals surface area (Å²) >= 11 is 1.21. The number of rotatable bonds is 9. The molecule has 1 heterocycles. The molecule has 2 amide bonds. The van der Waals surface area contributed by atoms with Crippen LogP contribution in [0.15, 0.2) is 35.9 Å². The first-order valence-corrected chi connectivity index (χ1v) is 10.7. The second kappa shape index (κ2) is 10.7. The van der Waals surface area contributed by atoms with Crippen molar-refractivity contribution in [2.24, 2.45) is 0 Å². The Morgan fingerprint density at radius 1 is 1.14 bits per heavy atom. The second-order valence-electron chi connectivity index (χ2n) is 6.89. The Labute approximate surface area is 174 Å². The van der Waals surface area contributed by atoms with Crippen LogP contribution >= 0.6 is 11.3 Å². The smallest absolute Gasteiger partial charge is 0.286 e. The van der Waals surface area contributed by atoms with Crippen LogP contribution in [-0.2, 0) is 11.2 Å². The summed E-state index contributed by atoms with van der Waals surface area (Å²) in [7, 11) is 1.59. The predicted molar refractivity (Wildman–Crippen MR) is 113 cm³/mol. The lowest BCUT2D eigenvalue weighted by atomic mass is 9.97. The van der Waals surface area contributed by atoms with E-state index in [2.05, 4.69) is 26.9 Å². The highest BCUT2D eigenvalue weighted by Crippen LogP contribution is 2.20. The summed E-state index contributed by atoms with van der Waals surface area (Å²) in [4.78, 5) is 24.3. The van der Waals surface area contributed by atoms with Crippen molar-refractivity contribution >= 4 is 28.8 Å². The lowest BCUT2D eigenvalue weighted by Gasteiger charge is -2.12. The van der Waals surface area contributed by atoms with Gasteiger partial charge in [-0.3, -0.25) is 9.59 Å². The molecule has 0 spiro atoms. The molecule has 0 saturated carbocycles. The maximum Gasteiger partial charge on any atom is 0.286 e. The van der Waals surface area contributed by atoms with E-state index in [9.17, 15) is 9.59 Å². The number of ether oxygens (including phenoxy) is 1. The van der Waals surface area contributed by atoms with Gasteiger partial charge in [0.25, 0.3) is 5.91 Å². The molecule has 8 heteroatoms. The number of methoxy groups -OCH3 is 1. The molecule has 0 bridgehead atoms. The van der Waals surface area contributed by atoms with Crippen molar-refractivity contribution < 1.29 is 14.3 Å². The van der Waals surface area contributed by atoms with Crippen LogP contribution in [0.4, 0.5) is 5.69 Å². The maximum atomic E-state index is 12.3. The minimum Gasteiger partial charge on any atom is -0.497 e. The Bertz CT molecular complexity index is 861. The monoisotopic (exact) mass is 414 g/mol. The van der Waals surface area contributed by atoms with Gasteiger partial charge in [-0.1, -0.05) is 23.0 Å². The van der Waals surface area contributed by atoms with Gasteiger partial charge >= 0.3 is 0 Å². The Kier molecular flexibility index (Phi) is 7.75. The Hall–Kier alpha value is -2.74. The molecule has 0 saturated heterocycles. The molecule has 1 aromatic heterocycles. The molecule has 1 aromatic carbocycles. The van der Waals surface area contributed by atoms with Crippen LogP contribution in [0.25, 0.3) is 0 Å². The Balaban J connectivity index is 1.40. The molecule has 1 aliphatic rings. The van der Waals surface area contributed by atoms with Crippen molar-refractivity contribution in [2.75, 3.05) is 19.0 Å². The lowest BCUT2D eigenvalue weighted by molar-refractivity contribution is -0.121. The molecule has 2 aromatic rings. The van der Waals surface area contributed by atoms with E-state index in [4.69, 9.17) is 4.74 Å². The number of hydrogen-bond acceptors (Lipinski definition) is 6. The average Bonchev–Trinajstić information content (AvgIpc) is 3.23. The van der Waals surface area contributed by atoms with Crippen molar-refractivity contribution in [3.05, 3.63) is 45.9 Å². The molecular formula is C21H26N4O3S. The summed E-state index contributed by atoms with van der Waals surface area (Å²) in [6.07, 6.45) is 8.89. The number of nitrogens with one attached hydrogen (secondary N) is 2. The second-order valence-corrected chi connectivity index (χ2v) is 7.95. The zero-order chi connectivity index (χ0) is 20.5. The molecular weight excluding hydrogens is 388 g/mol. The molecule has 0 radical (unpaired) electrons. The fourth-order valence-corrected chi connectivity index (χ4v) is 3.84.